The van der Waals surface area contributed by atoms with Crippen molar-refractivity contribution in [3.63, 3.8) is 0 Å². The molecule has 0 aliphatic rings. The van der Waals surface area contributed by atoms with E-state index in [0.717, 1.165) is 5.56 Å². The third-order valence-electron chi connectivity index (χ3n) is 2.63. The van der Waals surface area contributed by atoms with Gasteiger partial charge in [0.15, 0.2) is 17.6 Å². The SMILES string of the molecule is COc1cc(CN)ccc1OC(C)C(=O)NC(C)(C)C. The van der Waals surface area contributed by atoms with Gasteiger partial charge in [-0.2, -0.15) is 0 Å². The van der Waals surface area contributed by atoms with Crippen molar-refractivity contribution < 1.29 is 14.3 Å². The molecule has 5 heteroatoms. The van der Waals surface area contributed by atoms with Crippen LogP contribution in [-0.2, 0) is 11.3 Å². The van der Waals surface area contributed by atoms with Crippen molar-refractivity contribution in [1.29, 1.82) is 0 Å². The lowest BCUT2D eigenvalue weighted by atomic mass is 10.1. The van der Waals surface area contributed by atoms with Crippen molar-refractivity contribution in [2.24, 2.45) is 5.73 Å². The van der Waals surface area contributed by atoms with Crippen molar-refractivity contribution in [2.75, 3.05) is 7.11 Å². The van der Waals surface area contributed by atoms with Gasteiger partial charge in [0.05, 0.1) is 7.11 Å². The van der Waals surface area contributed by atoms with Gasteiger partial charge in [-0.3, -0.25) is 4.79 Å². The number of amides is 1. The normalized spacial score (nSPS) is 12.7. The van der Waals surface area contributed by atoms with Crippen molar-refractivity contribution in [3.8, 4) is 11.5 Å². The molecular formula is C15H24N2O3. The lowest BCUT2D eigenvalue weighted by Gasteiger charge is -2.24. The summed E-state index contributed by atoms with van der Waals surface area (Å²) in [6, 6.07) is 5.43. The summed E-state index contributed by atoms with van der Waals surface area (Å²) >= 11 is 0. The predicted octanol–water partition coefficient (Wildman–Crippen LogP) is 1.84. The van der Waals surface area contributed by atoms with E-state index in [2.05, 4.69) is 5.32 Å². The van der Waals surface area contributed by atoms with Crippen LogP contribution in [0.25, 0.3) is 0 Å². The van der Waals surface area contributed by atoms with Crippen LogP contribution in [0.5, 0.6) is 11.5 Å². The quantitative estimate of drug-likeness (QED) is 0.863. The average Bonchev–Trinajstić information content (AvgIpc) is 2.37. The van der Waals surface area contributed by atoms with Crippen molar-refractivity contribution in [2.45, 2.75) is 45.9 Å². The molecule has 0 saturated carbocycles. The summed E-state index contributed by atoms with van der Waals surface area (Å²) in [5.74, 6) is 0.937. The molecule has 1 rings (SSSR count). The maximum atomic E-state index is 12.0. The Kier molecular flexibility index (Phi) is 5.39. The number of hydrogen-bond donors (Lipinski definition) is 2. The summed E-state index contributed by atoms with van der Waals surface area (Å²) in [6.07, 6.45) is -0.605. The topological polar surface area (TPSA) is 73.6 Å². The number of ether oxygens (including phenoxy) is 2. The van der Waals surface area contributed by atoms with Crippen LogP contribution in [0, 0.1) is 0 Å². The highest BCUT2D eigenvalue weighted by Gasteiger charge is 2.21. The zero-order valence-corrected chi connectivity index (χ0v) is 12.8. The number of nitrogens with one attached hydrogen (secondary N) is 1. The van der Waals surface area contributed by atoms with E-state index in [1.54, 1.807) is 20.1 Å². The van der Waals surface area contributed by atoms with E-state index < -0.39 is 6.10 Å². The van der Waals surface area contributed by atoms with E-state index in [1.807, 2.05) is 32.9 Å². The monoisotopic (exact) mass is 280 g/mol. The summed E-state index contributed by atoms with van der Waals surface area (Å²) in [5.41, 5.74) is 6.24. The molecule has 0 spiro atoms. The zero-order chi connectivity index (χ0) is 15.3. The highest BCUT2D eigenvalue weighted by Crippen LogP contribution is 2.28. The molecule has 1 aromatic rings. The third-order valence-corrected chi connectivity index (χ3v) is 2.63. The standard InChI is InChI=1S/C15H24N2O3/c1-10(14(18)17-15(2,3)4)20-12-7-6-11(9-16)8-13(12)19-5/h6-8,10H,9,16H2,1-5H3,(H,17,18). The Morgan fingerprint density at radius 1 is 1.35 bits per heavy atom. The van der Waals surface area contributed by atoms with Crippen LogP contribution >= 0.6 is 0 Å². The van der Waals surface area contributed by atoms with Gasteiger partial charge in [-0.05, 0) is 45.4 Å². The minimum absolute atomic E-state index is 0.164. The Balaban J connectivity index is 2.80. The third kappa shape index (κ3) is 4.74. The molecule has 0 saturated heterocycles. The van der Waals surface area contributed by atoms with E-state index in [0.29, 0.717) is 18.0 Å². The average molecular weight is 280 g/mol. The van der Waals surface area contributed by atoms with Crippen LogP contribution in [0.1, 0.15) is 33.3 Å². The molecule has 1 amide bonds. The molecule has 112 valence electrons. The van der Waals surface area contributed by atoms with Crippen LogP contribution in [-0.4, -0.2) is 24.7 Å². The lowest BCUT2D eigenvalue weighted by molar-refractivity contribution is -0.128. The molecule has 0 fully saturated rings. The van der Waals surface area contributed by atoms with Gasteiger partial charge in [0.2, 0.25) is 0 Å². The molecular weight excluding hydrogens is 256 g/mol. The predicted molar refractivity (Wildman–Crippen MR) is 78.9 cm³/mol. The van der Waals surface area contributed by atoms with Crippen LogP contribution < -0.4 is 20.5 Å². The van der Waals surface area contributed by atoms with E-state index in [4.69, 9.17) is 15.2 Å². The van der Waals surface area contributed by atoms with Crippen LogP contribution in [0.4, 0.5) is 0 Å². The first-order valence-corrected chi connectivity index (χ1v) is 6.62. The molecule has 0 aromatic heterocycles. The number of benzene rings is 1. The molecule has 0 aliphatic carbocycles. The van der Waals surface area contributed by atoms with Crippen molar-refractivity contribution in [3.05, 3.63) is 23.8 Å². The minimum atomic E-state index is -0.605. The molecule has 20 heavy (non-hydrogen) atoms. The van der Waals surface area contributed by atoms with E-state index in [-0.39, 0.29) is 11.4 Å². The fraction of sp³-hybridized carbons (Fsp3) is 0.533. The van der Waals surface area contributed by atoms with Gasteiger partial charge in [-0.25, -0.2) is 0 Å². The van der Waals surface area contributed by atoms with Gasteiger partial charge < -0.3 is 20.5 Å². The number of carbonyl (C=O) groups excluding carboxylic acids is 1. The summed E-state index contributed by atoms with van der Waals surface area (Å²) in [5, 5.41) is 2.87. The molecule has 0 bridgehead atoms. The Morgan fingerprint density at radius 3 is 2.50 bits per heavy atom. The second-order valence-electron chi connectivity index (χ2n) is 5.69. The highest BCUT2D eigenvalue weighted by atomic mass is 16.5. The number of methoxy groups -OCH3 is 1. The van der Waals surface area contributed by atoms with Gasteiger partial charge in [0.25, 0.3) is 5.91 Å². The second kappa shape index (κ2) is 6.61. The molecule has 3 N–H and O–H groups in total. The molecule has 0 radical (unpaired) electrons. The fourth-order valence-corrected chi connectivity index (χ4v) is 1.65. The van der Waals surface area contributed by atoms with E-state index in [9.17, 15) is 4.79 Å². The van der Waals surface area contributed by atoms with Crippen LogP contribution in [0.15, 0.2) is 18.2 Å². The van der Waals surface area contributed by atoms with Gasteiger partial charge in [0.1, 0.15) is 0 Å². The number of rotatable bonds is 5. The summed E-state index contributed by atoms with van der Waals surface area (Å²) in [6.45, 7) is 7.91. The Hall–Kier alpha value is -1.75. The second-order valence-corrected chi connectivity index (χ2v) is 5.69. The van der Waals surface area contributed by atoms with Crippen LogP contribution in [0.2, 0.25) is 0 Å². The smallest absolute Gasteiger partial charge is 0.261 e. The Bertz CT molecular complexity index is 467. The largest absolute Gasteiger partial charge is 0.493 e. The highest BCUT2D eigenvalue weighted by molar-refractivity contribution is 5.81. The number of hydrogen-bond acceptors (Lipinski definition) is 4. The summed E-state index contributed by atoms with van der Waals surface area (Å²) in [7, 11) is 1.56. The first-order valence-electron chi connectivity index (χ1n) is 6.62. The minimum Gasteiger partial charge on any atom is -0.493 e. The summed E-state index contributed by atoms with van der Waals surface area (Å²) < 4.78 is 10.9. The lowest BCUT2D eigenvalue weighted by Crippen LogP contribution is -2.46. The van der Waals surface area contributed by atoms with E-state index >= 15 is 0 Å². The Labute approximate surface area is 120 Å². The van der Waals surface area contributed by atoms with Gasteiger partial charge >= 0.3 is 0 Å². The Morgan fingerprint density at radius 2 is 2.00 bits per heavy atom. The maximum Gasteiger partial charge on any atom is 0.261 e. The number of nitrogens with two attached hydrogens (primary N) is 1. The summed E-state index contributed by atoms with van der Waals surface area (Å²) in [4.78, 5) is 12.0. The molecule has 1 atom stereocenters. The molecule has 1 aromatic carbocycles. The van der Waals surface area contributed by atoms with Gasteiger partial charge in [-0.15, -0.1) is 0 Å². The number of carbonyl (C=O) groups is 1. The van der Waals surface area contributed by atoms with E-state index in [1.165, 1.54) is 0 Å². The van der Waals surface area contributed by atoms with Crippen molar-refractivity contribution in [1.82, 2.24) is 5.32 Å². The van der Waals surface area contributed by atoms with Crippen LogP contribution in [0.3, 0.4) is 0 Å². The zero-order valence-electron chi connectivity index (χ0n) is 12.8. The first kappa shape index (κ1) is 16.3. The molecule has 5 nitrogen and oxygen atoms in total. The fourth-order valence-electron chi connectivity index (χ4n) is 1.65. The van der Waals surface area contributed by atoms with Crippen molar-refractivity contribution >= 4 is 5.91 Å². The molecule has 1 unspecified atom stereocenters. The first-order chi connectivity index (χ1) is 9.26. The van der Waals surface area contributed by atoms with Gasteiger partial charge in [0, 0.05) is 12.1 Å². The molecule has 0 heterocycles. The maximum absolute atomic E-state index is 12.0. The van der Waals surface area contributed by atoms with Gasteiger partial charge in [-0.1, -0.05) is 6.07 Å². The molecule has 0 aliphatic heterocycles.